The summed E-state index contributed by atoms with van der Waals surface area (Å²) >= 11 is 0. The molecular formula is C23H20N2O5. The Labute approximate surface area is 171 Å². The zero-order chi connectivity index (χ0) is 21.4. The minimum absolute atomic E-state index is 0.0528. The lowest BCUT2D eigenvalue weighted by Crippen LogP contribution is -2.19. The number of aryl methyl sites for hydroxylation is 2. The zero-order valence-electron chi connectivity index (χ0n) is 16.6. The van der Waals surface area contributed by atoms with E-state index in [-0.39, 0.29) is 24.3 Å². The maximum Gasteiger partial charge on any atom is 0.339 e. The topological polar surface area (TPSA) is 116 Å². The second-order valence-electron chi connectivity index (χ2n) is 7.21. The van der Waals surface area contributed by atoms with E-state index in [0.717, 1.165) is 21.9 Å². The molecule has 0 bridgehead atoms. The Balaban J connectivity index is 1.60. The van der Waals surface area contributed by atoms with E-state index >= 15 is 0 Å². The molecule has 2 aromatic carbocycles. The molecule has 2 aromatic heterocycles. The molecule has 2 amide bonds. The monoisotopic (exact) mass is 404 g/mol. The van der Waals surface area contributed by atoms with Crippen molar-refractivity contribution in [1.82, 2.24) is 0 Å². The largest absolute Gasteiger partial charge is 0.464 e. The number of carbonyl (C=O) groups excluding carboxylic acids is 2. The number of hydrogen-bond acceptors (Lipinski definition) is 5. The van der Waals surface area contributed by atoms with E-state index in [4.69, 9.17) is 14.6 Å². The third-order valence-corrected chi connectivity index (χ3v) is 5.24. The summed E-state index contributed by atoms with van der Waals surface area (Å²) in [6, 6.07) is 10.2. The van der Waals surface area contributed by atoms with Gasteiger partial charge in [0.25, 0.3) is 5.91 Å². The van der Waals surface area contributed by atoms with Crippen molar-refractivity contribution < 1.29 is 18.4 Å². The lowest BCUT2D eigenvalue weighted by molar-refractivity contribution is -0.116. The fourth-order valence-corrected chi connectivity index (χ4v) is 3.58. The Kier molecular flexibility index (Phi) is 4.87. The van der Waals surface area contributed by atoms with Gasteiger partial charge in [-0.15, -0.1) is 0 Å². The molecule has 4 aromatic rings. The number of para-hydroxylation sites is 1. The third kappa shape index (κ3) is 3.45. The highest BCUT2D eigenvalue weighted by atomic mass is 16.4. The van der Waals surface area contributed by atoms with Crippen LogP contribution in [0.2, 0.25) is 0 Å². The normalized spacial score (nSPS) is 11.1. The van der Waals surface area contributed by atoms with Gasteiger partial charge in [0.15, 0.2) is 0 Å². The van der Waals surface area contributed by atoms with Crippen LogP contribution in [0.4, 0.5) is 5.69 Å². The number of anilines is 1. The number of primary amides is 1. The molecule has 7 heteroatoms. The molecule has 3 N–H and O–H groups in total. The van der Waals surface area contributed by atoms with Gasteiger partial charge in [0, 0.05) is 28.8 Å². The average molecular weight is 404 g/mol. The summed E-state index contributed by atoms with van der Waals surface area (Å²) in [5.41, 5.74) is 8.74. The van der Waals surface area contributed by atoms with Crippen molar-refractivity contribution in [2.45, 2.75) is 26.7 Å². The van der Waals surface area contributed by atoms with E-state index in [2.05, 4.69) is 5.32 Å². The number of amides is 2. The fourth-order valence-electron chi connectivity index (χ4n) is 3.58. The van der Waals surface area contributed by atoms with Crippen molar-refractivity contribution in [3.8, 4) is 0 Å². The third-order valence-electron chi connectivity index (χ3n) is 5.24. The van der Waals surface area contributed by atoms with Crippen molar-refractivity contribution in [2.75, 3.05) is 5.32 Å². The number of nitrogens with one attached hydrogen (secondary N) is 1. The van der Waals surface area contributed by atoms with Crippen LogP contribution in [-0.2, 0) is 11.2 Å². The van der Waals surface area contributed by atoms with Crippen LogP contribution in [-0.4, -0.2) is 11.8 Å². The number of furan rings is 1. The molecule has 0 spiro atoms. The van der Waals surface area contributed by atoms with Gasteiger partial charge in [-0.2, -0.15) is 0 Å². The molecule has 7 nitrogen and oxygen atoms in total. The molecule has 0 saturated heterocycles. The zero-order valence-corrected chi connectivity index (χ0v) is 16.6. The maximum absolute atomic E-state index is 12.5. The molecule has 0 radical (unpaired) electrons. The van der Waals surface area contributed by atoms with Crippen LogP contribution in [0.15, 0.2) is 56.3 Å². The van der Waals surface area contributed by atoms with Gasteiger partial charge in [-0.05, 0) is 49.6 Å². The number of carbonyl (C=O) groups is 2. The van der Waals surface area contributed by atoms with Crippen LogP contribution in [0.3, 0.4) is 0 Å². The summed E-state index contributed by atoms with van der Waals surface area (Å²) in [5.74, 6) is -0.957. The highest BCUT2D eigenvalue weighted by Gasteiger charge is 2.16. The van der Waals surface area contributed by atoms with E-state index in [1.54, 1.807) is 36.6 Å². The maximum atomic E-state index is 12.5. The molecular weight excluding hydrogens is 384 g/mol. The highest BCUT2D eigenvalue weighted by molar-refractivity contribution is 6.03. The molecule has 0 unspecified atom stereocenters. The summed E-state index contributed by atoms with van der Waals surface area (Å²) in [4.78, 5) is 36.4. The van der Waals surface area contributed by atoms with Gasteiger partial charge in [-0.25, -0.2) is 4.79 Å². The molecule has 0 fully saturated rings. The number of nitrogens with two attached hydrogens (primary N) is 1. The van der Waals surface area contributed by atoms with Crippen molar-refractivity contribution >= 4 is 39.4 Å². The van der Waals surface area contributed by atoms with Crippen LogP contribution in [0.25, 0.3) is 21.9 Å². The number of hydrogen-bond donors (Lipinski definition) is 2. The van der Waals surface area contributed by atoms with Crippen molar-refractivity contribution in [3.05, 3.63) is 75.3 Å². The van der Waals surface area contributed by atoms with Crippen molar-refractivity contribution in [2.24, 2.45) is 5.73 Å². The van der Waals surface area contributed by atoms with Gasteiger partial charge in [0.2, 0.25) is 5.91 Å². The number of rotatable bonds is 5. The van der Waals surface area contributed by atoms with Gasteiger partial charge >= 0.3 is 5.63 Å². The Bertz CT molecular complexity index is 1360. The second kappa shape index (κ2) is 7.51. The number of benzene rings is 2. The minimum Gasteiger partial charge on any atom is -0.464 e. The summed E-state index contributed by atoms with van der Waals surface area (Å²) in [6.45, 7) is 3.79. The quantitative estimate of drug-likeness (QED) is 0.491. The lowest BCUT2D eigenvalue weighted by atomic mass is 10.0. The minimum atomic E-state index is -0.627. The first-order valence-corrected chi connectivity index (χ1v) is 9.48. The van der Waals surface area contributed by atoms with Crippen LogP contribution in [0.5, 0.6) is 0 Å². The molecule has 0 aliphatic carbocycles. The highest BCUT2D eigenvalue weighted by Crippen LogP contribution is 2.29. The smallest absolute Gasteiger partial charge is 0.339 e. The second-order valence-corrected chi connectivity index (χ2v) is 7.21. The lowest BCUT2D eigenvalue weighted by Gasteiger charge is -2.10. The molecule has 2 heterocycles. The molecule has 30 heavy (non-hydrogen) atoms. The summed E-state index contributed by atoms with van der Waals surface area (Å²) in [5, 5.41) is 4.44. The van der Waals surface area contributed by atoms with E-state index in [1.807, 2.05) is 19.9 Å². The average Bonchev–Trinajstić information content (AvgIpc) is 3.06. The van der Waals surface area contributed by atoms with Crippen LogP contribution < -0.4 is 16.7 Å². The fraction of sp³-hybridized carbons (Fsp3) is 0.174. The molecule has 0 saturated carbocycles. The molecule has 152 valence electrons. The first-order valence-electron chi connectivity index (χ1n) is 9.48. The SMILES string of the molecule is Cc1coc2cc3oc(=O)c(CCC(=O)Nc4ccccc4C(N)=O)c(C)c3cc12. The number of fused-ring (bicyclic) bond motifs is 2. The van der Waals surface area contributed by atoms with Gasteiger partial charge in [0.05, 0.1) is 17.5 Å². The van der Waals surface area contributed by atoms with Gasteiger partial charge < -0.3 is 19.9 Å². The molecule has 0 aliphatic rings. The van der Waals surface area contributed by atoms with Crippen molar-refractivity contribution in [1.29, 1.82) is 0 Å². The van der Waals surface area contributed by atoms with E-state index in [0.29, 0.717) is 22.4 Å². The van der Waals surface area contributed by atoms with Crippen LogP contribution in [0.1, 0.15) is 33.5 Å². The Morgan fingerprint density at radius 1 is 1.07 bits per heavy atom. The predicted octanol–water partition coefficient (Wildman–Crippen LogP) is 3.83. The van der Waals surface area contributed by atoms with Crippen molar-refractivity contribution in [3.63, 3.8) is 0 Å². The van der Waals surface area contributed by atoms with E-state index < -0.39 is 11.5 Å². The van der Waals surface area contributed by atoms with Gasteiger partial charge in [-0.3, -0.25) is 9.59 Å². The summed E-state index contributed by atoms with van der Waals surface area (Å²) < 4.78 is 11.0. The Morgan fingerprint density at radius 3 is 2.60 bits per heavy atom. The van der Waals surface area contributed by atoms with E-state index in [9.17, 15) is 14.4 Å². The summed E-state index contributed by atoms with van der Waals surface area (Å²) in [6.07, 6.45) is 1.92. The van der Waals surface area contributed by atoms with Gasteiger partial charge in [-0.1, -0.05) is 12.1 Å². The first kappa shape index (κ1) is 19.4. The predicted molar refractivity (Wildman–Crippen MR) is 114 cm³/mol. The van der Waals surface area contributed by atoms with E-state index in [1.165, 1.54) is 0 Å². The molecule has 0 atom stereocenters. The summed E-state index contributed by atoms with van der Waals surface area (Å²) in [7, 11) is 0. The van der Waals surface area contributed by atoms with Gasteiger partial charge in [0.1, 0.15) is 11.2 Å². The first-order chi connectivity index (χ1) is 14.3. The Hall–Kier alpha value is -3.87. The van der Waals surface area contributed by atoms with Crippen LogP contribution >= 0.6 is 0 Å². The molecule has 0 aliphatic heterocycles. The Morgan fingerprint density at radius 2 is 1.83 bits per heavy atom. The van der Waals surface area contributed by atoms with Crippen LogP contribution in [0, 0.1) is 13.8 Å². The molecule has 4 rings (SSSR count). The standard InChI is InChI=1S/C23H20N2O5/c1-12-11-29-19-10-20-17(9-16(12)19)13(2)14(23(28)30-20)7-8-21(26)25-18-6-4-3-5-15(18)22(24)27/h3-6,9-11H,7-8H2,1-2H3,(H2,24,27)(H,25,26).